The van der Waals surface area contributed by atoms with Crippen molar-refractivity contribution in [2.24, 2.45) is 21.7 Å². The van der Waals surface area contributed by atoms with Crippen molar-refractivity contribution in [3.05, 3.63) is 82.4 Å². The maximum atomic E-state index is 8.35. The molecule has 0 atom stereocenters. The second-order valence-electron chi connectivity index (χ2n) is 16.4. The van der Waals surface area contributed by atoms with Crippen LogP contribution in [0.15, 0.2) is 82.4 Å². The predicted molar refractivity (Wildman–Crippen MR) is 181 cm³/mol. The summed E-state index contributed by atoms with van der Waals surface area (Å²) >= 11 is -4.77. The van der Waals surface area contributed by atoms with E-state index in [9.17, 15) is 0 Å². The van der Waals surface area contributed by atoms with Crippen LogP contribution in [-0.4, -0.2) is 0 Å². The molecule has 0 radical (unpaired) electrons. The molecule has 43 heavy (non-hydrogen) atoms. The van der Waals surface area contributed by atoms with Crippen molar-refractivity contribution in [3.8, 4) is 0 Å². The Balaban J connectivity index is 2.21. The molecule has 0 unspecified atom stereocenters. The molecule has 0 aromatic carbocycles. The molecule has 0 amide bonds. The van der Waals surface area contributed by atoms with E-state index < -0.39 is 36.5 Å². The first-order valence-electron chi connectivity index (χ1n) is 16.4. The second kappa shape index (κ2) is 10.7. The van der Waals surface area contributed by atoms with E-state index in [1.54, 1.807) is 15.5 Å². The summed E-state index contributed by atoms with van der Waals surface area (Å²) in [4.78, 5) is 0. The first-order valence-corrected chi connectivity index (χ1v) is 20.8. The van der Waals surface area contributed by atoms with E-state index in [4.69, 9.17) is 1.90 Å². The van der Waals surface area contributed by atoms with Gasteiger partial charge in [-0.1, -0.05) is 0 Å². The van der Waals surface area contributed by atoms with Gasteiger partial charge in [-0.3, -0.25) is 0 Å². The Morgan fingerprint density at radius 2 is 0.628 bits per heavy atom. The molecule has 0 heterocycles. The summed E-state index contributed by atoms with van der Waals surface area (Å²) in [5.41, 5.74) is 17.9. The maximum absolute atomic E-state index is 8.35. The van der Waals surface area contributed by atoms with Gasteiger partial charge in [-0.15, -0.1) is 0 Å². The summed E-state index contributed by atoms with van der Waals surface area (Å²) < 4.78 is 14.9. The first kappa shape index (κ1) is 35.2. The zero-order chi connectivity index (χ0) is 33.2. The van der Waals surface area contributed by atoms with Crippen LogP contribution in [0.4, 0.5) is 0 Å². The van der Waals surface area contributed by atoms with Crippen LogP contribution in [0.25, 0.3) is 0 Å². The van der Waals surface area contributed by atoms with Gasteiger partial charge in [0.2, 0.25) is 0 Å². The number of rotatable bonds is 6. The average molecular weight is 653 g/mol. The predicted octanol–water partition coefficient (Wildman–Crippen LogP) is 12.7. The van der Waals surface area contributed by atoms with Crippen LogP contribution in [-0.2, 0) is 38.4 Å². The van der Waals surface area contributed by atoms with Crippen molar-refractivity contribution < 1.29 is 38.4 Å². The quantitative estimate of drug-likeness (QED) is 0.260. The van der Waals surface area contributed by atoms with E-state index in [1.807, 2.05) is 0 Å². The third-order valence-electron chi connectivity index (χ3n) is 13.6. The topological polar surface area (TPSA) is 9.23 Å². The first-order chi connectivity index (χ1) is 19.4. The van der Waals surface area contributed by atoms with Crippen molar-refractivity contribution in [1.82, 2.24) is 0 Å². The van der Waals surface area contributed by atoms with Crippen LogP contribution in [0.2, 0.25) is 0 Å². The zero-order valence-corrected chi connectivity index (χ0v) is 34.5. The molecule has 4 aliphatic carbocycles. The molecule has 4 rings (SSSR count). The van der Waals surface area contributed by atoms with Crippen molar-refractivity contribution in [2.75, 3.05) is 0 Å². The zero-order valence-electron chi connectivity index (χ0n) is 31.4. The Morgan fingerprint density at radius 1 is 0.372 bits per heavy atom. The Kier molecular flexibility index (Phi) is 8.73. The molecule has 0 aliphatic heterocycles. The standard InChI is InChI=1S/4C10H15.O.2Ti/c4*1-7-6-10(4,5)9(3)8(7)2;;;/h4*1-5H3;;;. The molecular weight excluding hydrogens is 592 g/mol. The van der Waals surface area contributed by atoms with Crippen molar-refractivity contribution >= 4 is 0 Å². The molecule has 1 nitrogen and oxygen atoms in total. The summed E-state index contributed by atoms with van der Waals surface area (Å²) in [5, 5.41) is 0. The van der Waals surface area contributed by atoms with E-state index >= 15 is 0 Å². The molecule has 0 bridgehead atoms. The van der Waals surface area contributed by atoms with E-state index in [1.165, 1.54) is 66.9 Å². The normalized spacial score (nSPS) is 25.3. The van der Waals surface area contributed by atoms with Gasteiger partial charge in [-0.25, -0.2) is 0 Å². The average Bonchev–Trinajstić information content (AvgIpc) is 3.31. The molecule has 3 heteroatoms. The van der Waals surface area contributed by atoms with Crippen LogP contribution in [0, 0.1) is 21.7 Å². The summed E-state index contributed by atoms with van der Waals surface area (Å²) in [6, 6.07) is 0. The Bertz CT molecular complexity index is 1450. The fourth-order valence-corrected chi connectivity index (χ4v) is 24.6. The second-order valence-corrected chi connectivity index (χ2v) is 23.6. The molecule has 0 saturated carbocycles. The summed E-state index contributed by atoms with van der Waals surface area (Å²) in [6.07, 6.45) is 0. The van der Waals surface area contributed by atoms with Gasteiger partial charge >= 0.3 is 281 Å². The molecule has 0 fully saturated rings. The molecular formula is C40H60OTi2. The Labute approximate surface area is 279 Å². The molecule has 0 spiro atoms. The van der Waals surface area contributed by atoms with E-state index in [-0.39, 0.29) is 21.7 Å². The van der Waals surface area contributed by atoms with Gasteiger partial charge in [0.15, 0.2) is 0 Å². The fourth-order valence-electron chi connectivity index (χ4n) is 9.35. The minimum atomic E-state index is -3.86. The van der Waals surface area contributed by atoms with Crippen molar-refractivity contribution in [2.45, 2.75) is 138 Å². The van der Waals surface area contributed by atoms with Gasteiger partial charge < -0.3 is 0 Å². The molecule has 0 N–H and O–H groups in total. The van der Waals surface area contributed by atoms with E-state index in [2.05, 4.69) is 138 Å². The van der Waals surface area contributed by atoms with Crippen molar-refractivity contribution in [1.29, 1.82) is 0 Å². The third-order valence-corrected chi connectivity index (χ3v) is 26.7. The minimum absolute atomic E-state index is 0.0538. The summed E-state index contributed by atoms with van der Waals surface area (Å²) in [6.45, 7) is 48.6. The fraction of sp³-hybridized carbons (Fsp3) is 0.600. The van der Waals surface area contributed by atoms with Crippen LogP contribution >= 0.6 is 0 Å². The van der Waals surface area contributed by atoms with Crippen LogP contribution in [0.1, 0.15) is 138 Å². The van der Waals surface area contributed by atoms with Gasteiger partial charge in [-0.05, 0) is 0 Å². The monoisotopic (exact) mass is 652 g/mol. The Morgan fingerprint density at radius 3 is 0.837 bits per heavy atom. The van der Waals surface area contributed by atoms with Gasteiger partial charge in [0.1, 0.15) is 0 Å². The molecule has 4 aliphatic rings. The van der Waals surface area contributed by atoms with Gasteiger partial charge in [-0.2, -0.15) is 0 Å². The van der Waals surface area contributed by atoms with Crippen molar-refractivity contribution in [3.63, 3.8) is 0 Å². The van der Waals surface area contributed by atoms with Crippen LogP contribution in [0.3, 0.4) is 0 Å². The molecule has 0 saturated heterocycles. The van der Waals surface area contributed by atoms with Gasteiger partial charge in [0, 0.05) is 0 Å². The van der Waals surface area contributed by atoms with Gasteiger partial charge in [0.25, 0.3) is 0 Å². The number of allylic oxidation sites excluding steroid dienone is 16. The third kappa shape index (κ3) is 4.48. The van der Waals surface area contributed by atoms with Crippen LogP contribution in [0.5, 0.6) is 0 Å². The summed E-state index contributed by atoms with van der Waals surface area (Å²) in [7, 11) is 0. The van der Waals surface area contributed by atoms with E-state index in [0.717, 1.165) is 0 Å². The van der Waals surface area contributed by atoms with Gasteiger partial charge in [0.05, 0.1) is 0 Å². The van der Waals surface area contributed by atoms with E-state index in [0.29, 0.717) is 0 Å². The summed E-state index contributed by atoms with van der Waals surface area (Å²) in [5.74, 6) is 0. The SMILES string of the molecule is CC1=C(C)C(C)(C)[C]([Ti][O][Ti]([C]2=C(C)C(C)=C(C)C2(C)C)([C]2=C(C)C(C)=C(C)C2(C)C)[C]2=C(C)C(C)=C(C)C2(C)C)=C1C. The van der Waals surface area contributed by atoms with Crippen LogP contribution < -0.4 is 0 Å². The molecule has 0 aromatic heterocycles. The molecule has 0 aromatic rings. The number of hydrogen-bond donors (Lipinski definition) is 0. The number of hydrogen-bond acceptors (Lipinski definition) is 1. The molecule has 234 valence electrons. The Hall–Kier alpha value is -0.691.